The molecule has 5 heteroatoms. The molecule has 1 N–H and O–H groups in total. The first kappa shape index (κ1) is 14.2. The fraction of sp³-hybridized carbons (Fsp3) is 0.562. The minimum Gasteiger partial charge on any atom is -0.306 e. The van der Waals surface area contributed by atoms with Gasteiger partial charge < -0.3 is 5.32 Å². The van der Waals surface area contributed by atoms with Crippen molar-refractivity contribution in [3.8, 4) is 0 Å². The summed E-state index contributed by atoms with van der Waals surface area (Å²) in [4.78, 5) is 0. The van der Waals surface area contributed by atoms with Gasteiger partial charge in [0.1, 0.15) is 0 Å². The number of hydrogen-bond donors (Lipinski definition) is 1. The first-order valence-corrected chi connectivity index (χ1v) is 7.81. The van der Waals surface area contributed by atoms with Crippen LogP contribution in [0.25, 0.3) is 0 Å². The van der Waals surface area contributed by atoms with Gasteiger partial charge in [-0.2, -0.15) is 0 Å². The van der Waals surface area contributed by atoms with Crippen LogP contribution in [0, 0.1) is 0 Å². The van der Waals surface area contributed by atoms with E-state index in [1.165, 1.54) is 24.8 Å². The molecule has 1 fully saturated rings. The van der Waals surface area contributed by atoms with Crippen LogP contribution in [0.4, 0.5) is 0 Å². The minimum absolute atomic E-state index is 0.297. The molecule has 0 unspecified atom stereocenters. The Balaban J connectivity index is 1.66. The Kier molecular flexibility index (Phi) is 4.29. The minimum atomic E-state index is 0.297. The van der Waals surface area contributed by atoms with Gasteiger partial charge in [-0.1, -0.05) is 36.8 Å². The Morgan fingerprint density at radius 2 is 2.05 bits per heavy atom. The van der Waals surface area contributed by atoms with E-state index in [-0.39, 0.29) is 0 Å². The van der Waals surface area contributed by atoms with Gasteiger partial charge in [0.25, 0.3) is 0 Å². The lowest BCUT2D eigenvalue weighted by Crippen LogP contribution is -2.32. The summed E-state index contributed by atoms with van der Waals surface area (Å²) >= 11 is 0. The van der Waals surface area contributed by atoms with E-state index in [2.05, 4.69) is 65.0 Å². The third-order valence-electron chi connectivity index (χ3n) is 4.32. The maximum absolute atomic E-state index is 4.14. The standard InChI is InChI=1S/C16H23N5/c1-12(2)21-16(18-19-20-21)11-17-15-10-6-9-14(15)13-7-4-3-5-8-13/h3-5,7-8,12,14-15,17H,6,9-11H2,1-2H3/t14-,15+/m0/s1. The lowest BCUT2D eigenvalue weighted by Gasteiger charge is -2.21. The van der Waals surface area contributed by atoms with Crippen molar-refractivity contribution in [2.45, 2.75) is 57.7 Å². The van der Waals surface area contributed by atoms with Crippen LogP contribution in [0.3, 0.4) is 0 Å². The van der Waals surface area contributed by atoms with Crippen molar-refractivity contribution in [1.29, 1.82) is 0 Å². The molecule has 2 atom stereocenters. The lowest BCUT2D eigenvalue weighted by molar-refractivity contribution is 0.438. The van der Waals surface area contributed by atoms with Crippen LogP contribution in [0.1, 0.15) is 56.5 Å². The van der Waals surface area contributed by atoms with Gasteiger partial charge in [0, 0.05) is 6.04 Å². The van der Waals surface area contributed by atoms with Gasteiger partial charge in [0.15, 0.2) is 5.82 Å². The van der Waals surface area contributed by atoms with E-state index >= 15 is 0 Å². The molecule has 0 saturated heterocycles. The number of rotatable bonds is 5. The van der Waals surface area contributed by atoms with Gasteiger partial charge in [-0.05, 0) is 48.6 Å². The lowest BCUT2D eigenvalue weighted by atomic mass is 9.94. The van der Waals surface area contributed by atoms with Gasteiger partial charge in [0.05, 0.1) is 12.6 Å². The monoisotopic (exact) mass is 285 g/mol. The maximum Gasteiger partial charge on any atom is 0.165 e. The van der Waals surface area contributed by atoms with Crippen LogP contribution in [0.15, 0.2) is 30.3 Å². The molecular formula is C16H23N5. The van der Waals surface area contributed by atoms with Gasteiger partial charge in [-0.15, -0.1) is 5.10 Å². The summed E-state index contributed by atoms with van der Waals surface area (Å²) in [6.45, 7) is 4.93. The normalized spacial score (nSPS) is 22.0. The third kappa shape index (κ3) is 3.13. The van der Waals surface area contributed by atoms with E-state index in [0.717, 1.165) is 12.4 Å². The van der Waals surface area contributed by atoms with Gasteiger partial charge >= 0.3 is 0 Å². The molecule has 0 spiro atoms. The van der Waals surface area contributed by atoms with E-state index < -0.39 is 0 Å². The van der Waals surface area contributed by atoms with Crippen LogP contribution in [0.2, 0.25) is 0 Å². The Bertz CT molecular complexity index is 563. The van der Waals surface area contributed by atoms with Gasteiger partial charge in [-0.3, -0.25) is 0 Å². The molecule has 112 valence electrons. The summed E-state index contributed by atoms with van der Waals surface area (Å²) in [5.41, 5.74) is 1.44. The molecule has 3 rings (SSSR count). The Morgan fingerprint density at radius 3 is 2.81 bits per heavy atom. The second-order valence-electron chi connectivity index (χ2n) is 6.07. The van der Waals surface area contributed by atoms with E-state index in [0.29, 0.717) is 18.0 Å². The molecular weight excluding hydrogens is 262 g/mol. The highest BCUT2D eigenvalue weighted by Crippen LogP contribution is 2.34. The molecule has 1 aliphatic carbocycles. The summed E-state index contributed by atoms with van der Waals surface area (Å²) in [6, 6.07) is 11.6. The molecule has 1 aliphatic rings. The SMILES string of the molecule is CC(C)n1nnnc1CN[C@@H]1CCC[C@H]1c1ccccc1. The van der Waals surface area contributed by atoms with Crippen molar-refractivity contribution in [3.63, 3.8) is 0 Å². The smallest absolute Gasteiger partial charge is 0.165 e. The highest BCUT2D eigenvalue weighted by Gasteiger charge is 2.28. The summed E-state index contributed by atoms with van der Waals surface area (Å²) in [7, 11) is 0. The first-order chi connectivity index (χ1) is 10.3. The quantitative estimate of drug-likeness (QED) is 0.917. The van der Waals surface area contributed by atoms with E-state index in [1.54, 1.807) is 0 Å². The number of tetrazole rings is 1. The predicted molar refractivity (Wildman–Crippen MR) is 81.9 cm³/mol. The predicted octanol–water partition coefficient (Wildman–Crippen LogP) is 2.68. The number of hydrogen-bond acceptors (Lipinski definition) is 4. The average Bonchev–Trinajstić information content (AvgIpc) is 3.15. The topological polar surface area (TPSA) is 55.6 Å². The molecule has 1 heterocycles. The molecule has 21 heavy (non-hydrogen) atoms. The Hall–Kier alpha value is -1.75. The number of benzene rings is 1. The zero-order valence-corrected chi connectivity index (χ0v) is 12.7. The van der Waals surface area contributed by atoms with Crippen molar-refractivity contribution >= 4 is 0 Å². The molecule has 5 nitrogen and oxygen atoms in total. The van der Waals surface area contributed by atoms with Crippen LogP contribution in [-0.2, 0) is 6.54 Å². The molecule has 0 aliphatic heterocycles. The van der Waals surface area contributed by atoms with Gasteiger partial charge in [-0.25, -0.2) is 4.68 Å². The van der Waals surface area contributed by atoms with Crippen molar-refractivity contribution < 1.29 is 0 Å². The van der Waals surface area contributed by atoms with Crippen molar-refractivity contribution in [2.75, 3.05) is 0 Å². The van der Waals surface area contributed by atoms with Crippen LogP contribution < -0.4 is 5.32 Å². The van der Waals surface area contributed by atoms with Crippen LogP contribution in [-0.4, -0.2) is 26.2 Å². The molecule has 1 saturated carbocycles. The molecule has 1 aromatic heterocycles. The average molecular weight is 285 g/mol. The largest absolute Gasteiger partial charge is 0.306 e. The summed E-state index contributed by atoms with van der Waals surface area (Å²) in [5.74, 6) is 1.53. The fourth-order valence-electron chi connectivity index (χ4n) is 3.26. The van der Waals surface area contributed by atoms with E-state index in [9.17, 15) is 0 Å². The van der Waals surface area contributed by atoms with Crippen LogP contribution >= 0.6 is 0 Å². The number of nitrogens with zero attached hydrogens (tertiary/aromatic N) is 4. The molecule has 0 bridgehead atoms. The van der Waals surface area contributed by atoms with Crippen LogP contribution in [0.5, 0.6) is 0 Å². The Morgan fingerprint density at radius 1 is 1.24 bits per heavy atom. The molecule has 0 radical (unpaired) electrons. The summed E-state index contributed by atoms with van der Waals surface area (Å²) in [6.07, 6.45) is 3.77. The zero-order valence-electron chi connectivity index (χ0n) is 12.7. The highest BCUT2D eigenvalue weighted by molar-refractivity contribution is 5.22. The fourth-order valence-corrected chi connectivity index (χ4v) is 3.26. The van der Waals surface area contributed by atoms with Crippen molar-refractivity contribution in [1.82, 2.24) is 25.5 Å². The Labute approximate surface area is 125 Å². The van der Waals surface area contributed by atoms with E-state index in [1.807, 2.05) is 4.68 Å². The van der Waals surface area contributed by atoms with E-state index in [4.69, 9.17) is 0 Å². The maximum atomic E-state index is 4.14. The van der Waals surface area contributed by atoms with Gasteiger partial charge in [0.2, 0.25) is 0 Å². The highest BCUT2D eigenvalue weighted by atomic mass is 15.5. The zero-order chi connectivity index (χ0) is 14.7. The molecule has 1 aromatic carbocycles. The second-order valence-corrected chi connectivity index (χ2v) is 6.07. The summed E-state index contributed by atoms with van der Waals surface area (Å²) in [5, 5.41) is 15.6. The number of aromatic nitrogens is 4. The second kappa shape index (κ2) is 6.35. The van der Waals surface area contributed by atoms with Crippen molar-refractivity contribution in [2.24, 2.45) is 0 Å². The first-order valence-electron chi connectivity index (χ1n) is 7.81. The van der Waals surface area contributed by atoms with Crippen molar-refractivity contribution in [3.05, 3.63) is 41.7 Å². The number of nitrogens with one attached hydrogen (secondary N) is 1. The summed E-state index contributed by atoms with van der Waals surface area (Å²) < 4.78 is 1.89. The molecule has 2 aromatic rings. The third-order valence-corrected chi connectivity index (χ3v) is 4.32. The molecule has 0 amide bonds.